The summed E-state index contributed by atoms with van der Waals surface area (Å²) in [6.45, 7) is 0. The molecular formula is C44H32N4S2. The highest BCUT2D eigenvalue weighted by atomic mass is 32.1. The van der Waals surface area contributed by atoms with Gasteiger partial charge in [0.15, 0.2) is 17.5 Å². The van der Waals surface area contributed by atoms with Crippen LogP contribution in [0.25, 0.3) is 74.5 Å². The molecular weight excluding hydrogens is 649 g/mol. The fourth-order valence-corrected chi connectivity index (χ4v) is 12.3. The van der Waals surface area contributed by atoms with Crippen molar-refractivity contribution in [1.29, 1.82) is 5.26 Å². The summed E-state index contributed by atoms with van der Waals surface area (Å²) in [5.74, 6) is 4.80. The van der Waals surface area contributed by atoms with Gasteiger partial charge in [-0.1, -0.05) is 60.7 Å². The molecule has 0 unspecified atom stereocenters. The number of rotatable bonds is 4. The van der Waals surface area contributed by atoms with Crippen LogP contribution in [0.2, 0.25) is 0 Å². The minimum Gasteiger partial charge on any atom is -0.208 e. The Morgan fingerprint density at radius 1 is 0.520 bits per heavy atom. The van der Waals surface area contributed by atoms with Gasteiger partial charge in [-0.2, -0.15) is 5.26 Å². The zero-order valence-electron chi connectivity index (χ0n) is 27.4. The standard InChI is InChI=1S/C44H32N4S2/c45-24-25-5-12-34-35-13-8-31(20-40(35)50-39(34)18-25)43-47-41(29-6-10-32(11-7-29)44-21-26-15-27(22-44)17-28(16-26)23-44)46-42(48-43)30-9-14-38-36(19-30)33-3-1-2-4-37(33)49-38/h1-14,18-20,26-28H,15-17,21-23H2/t26-,27-,28-,44?. The van der Waals surface area contributed by atoms with Crippen molar-refractivity contribution in [2.24, 2.45) is 17.8 Å². The lowest BCUT2D eigenvalue weighted by Gasteiger charge is -2.57. The first-order valence-corrected chi connectivity index (χ1v) is 19.4. The molecule has 4 aliphatic carbocycles. The van der Waals surface area contributed by atoms with Crippen LogP contribution in [0, 0.1) is 29.1 Å². The van der Waals surface area contributed by atoms with E-state index in [2.05, 4.69) is 97.1 Å². The van der Waals surface area contributed by atoms with Gasteiger partial charge in [0.2, 0.25) is 0 Å². The first-order valence-electron chi connectivity index (χ1n) is 17.7. The third kappa shape index (κ3) is 4.50. The van der Waals surface area contributed by atoms with Gasteiger partial charge < -0.3 is 0 Å². The van der Waals surface area contributed by atoms with E-state index in [0.717, 1.165) is 43.8 Å². The minimum atomic E-state index is 0.356. The highest BCUT2D eigenvalue weighted by Gasteiger charge is 2.51. The molecule has 240 valence electrons. The Morgan fingerprint density at radius 2 is 1.06 bits per heavy atom. The lowest BCUT2D eigenvalue weighted by Crippen LogP contribution is -2.48. The number of nitrogens with zero attached hydrogens (tertiary/aromatic N) is 4. The molecule has 12 rings (SSSR count). The van der Waals surface area contributed by atoms with E-state index in [-0.39, 0.29) is 0 Å². The third-order valence-electron chi connectivity index (χ3n) is 11.9. The van der Waals surface area contributed by atoms with E-state index >= 15 is 0 Å². The second kappa shape index (κ2) is 10.8. The van der Waals surface area contributed by atoms with E-state index in [1.54, 1.807) is 11.3 Å². The number of hydrogen-bond donors (Lipinski definition) is 0. The topological polar surface area (TPSA) is 62.5 Å². The molecule has 4 nitrogen and oxygen atoms in total. The quantitative estimate of drug-likeness (QED) is 0.186. The SMILES string of the molecule is N#Cc1ccc2c(c1)sc1cc(-c3nc(-c4ccc(C56C[C@H]7C[C@H](C5)C[C@@H](C6)C7)cc4)nc(-c4ccc5sc6ccccc6c5c4)n3)ccc12. The largest absolute Gasteiger partial charge is 0.208 e. The average Bonchev–Trinajstić information content (AvgIpc) is 3.71. The molecule has 0 spiro atoms. The minimum absolute atomic E-state index is 0.356. The van der Waals surface area contributed by atoms with Gasteiger partial charge in [-0.25, -0.2) is 15.0 Å². The number of hydrogen-bond acceptors (Lipinski definition) is 6. The highest BCUT2D eigenvalue weighted by Crippen LogP contribution is 2.60. The normalized spacial score (nSPS) is 22.6. The summed E-state index contributed by atoms with van der Waals surface area (Å²) < 4.78 is 4.82. The molecule has 0 radical (unpaired) electrons. The molecule has 50 heavy (non-hydrogen) atoms. The molecule has 0 N–H and O–H groups in total. The first kappa shape index (κ1) is 28.8. The molecule has 8 aromatic rings. The molecule has 0 saturated heterocycles. The Hall–Kier alpha value is -4.96. The molecule has 4 fully saturated rings. The Balaban J connectivity index is 1.05. The molecule has 0 aliphatic heterocycles. The summed E-state index contributed by atoms with van der Waals surface area (Å²) in [6.07, 6.45) is 8.43. The van der Waals surface area contributed by atoms with E-state index in [4.69, 9.17) is 15.0 Å². The van der Waals surface area contributed by atoms with Crippen molar-refractivity contribution in [3.05, 3.63) is 114 Å². The zero-order valence-corrected chi connectivity index (χ0v) is 29.0. The fourth-order valence-electron chi connectivity index (χ4n) is 10.1. The van der Waals surface area contributed by atoms with Crippen molar-refractivity contribution in [3.63, 3.8) is 0 Å². The molecule has 3 heterocycles. The van der Waals surface area contributed by atoms with E-state index in [1.165, 1.54) is 75.0 Å². The molecule has 4 saturated carbocycles. The monoisotopic (exact) mass is 680 g/mol. The fraction of sp³-hybridized carbons (Fsp3) is 0.227. The van der Waals surface area contributed by atoms with Crippen molar-refractivity contribution in [1.82, 2.24) is 15.0 Å². The summed E-state index contributed by atoms with van der Waals surface area (Å²) in [6, 6.07) is 39.2. The van der Waals surface area contributed by atoms with E-state index in [1.807, 2.05) is 23.5 Å². The van der Waals surface area contributed by atoms with Crippen molar-refractivity contribution < 1.29 is 0 Å². The Kier molecular flexibility index (Phi) is 6.21. The van der Waals surface area contributed by atoms with E-state index < -0.39 is 0 Å². The molecule has 3 aromatic heterocycles. The summed E-state index contributed by atoms with van der Waals surface area (Å²) in [7, 11) is 0. The van der Waals surface area contributed by atoms with Crippen molar-refractivity contribution in [3.8, 4) is 40.2 Å². The van der Waals surface area contributed by atoms with Crippen molar-refractivity contribution >= 4 is 63.0 Å². The number of thiophene rings is 2. The van der Waals surface area contributed by atoms with Crippen LogP contribution >= 0.6 is 22.7 Å². The van der Waals surface area contributed by atoms with Gasteiger partial charge in [0, 0.05) is 57.0 Å². The van der Waals surface area contributed by atoms with Crippen LogP contribution < -0.4 is 0 Å². The third-order valence-corrected chi connectivity index (χ3v) is 14.2. The smallest absolute Gasteiger partial charge is 0.164 e. The van der Waals surface area contributed by atoms with Crippen molar-refractivity contribution in [2.75, 3.05) is 0 Å². The van der Waals surface area contributed by atoms with Gasteiger partial charge in [-0.15, -0.1) is 22.7 Å². The first-order chi connectivity index (χ1) is 24.6. The van der Waals surface area contributed by atoms with E-state index in [0.29, 0.717) is 28.5 Å². The Bertz CT molecular complexity index is 2680. The van der Waals surface area contributed by atoms with E-state index in [9.17, 15) is 5.26 Å². The maximum Gasteiger partial charge on any atom is 0.164 e. The summed E-state index contributed by atoms with van der Waals surface area (Å²) in [5.41, 5.74) is 5.52. The predicted octanol–water partition coefficient (Wildman–Crippen LogP) is 11.9. The van der Waals surface area contributed by atoms with Gasteiger partial charge >= 0.3 is 0 Å². The molecule has 5 aromatic carbocycles. The van der Waals surface area contributed by atoms with Gasteiger partial charge in [0.1, 0.15) is 0 Å². The van der Waals surface area contributed by atoms with Crippen molar-refractivity contribution in [2.45, 2.75) is 43.9 Å². The van der Waals surface area contributed by atoms with Crippen LogP contribution in [0.3, 0.4) is 0 Å². The second-order valence-electron chi connectivity index (χ2n) is 15.0. The highest BCUT2D eigenvalue weighted by molar-refractivity contribution is 7.26. The van der Waals surface area contributed by atoms with Gasteiger partial charge in [-0.05, 0) is 110 Å². The maximum atomic E-state index is 9.47. The van der Waals surface area contributed by atoms with Gasteiger partial charge in [0.25, 0.3) is 0 Å². The Morgan fingerprint density at radius 3 is 1.78 bits per heavy atom. The average molecular weight is 681 g/mol. The predicted molar refractivity (Wildman–Crippen MR) is 206 cm³/mol. The molecule has 6 heteroatoms. The maximum absolute atomic E-state index is 9.47. The summed E-state index contributed by atoms with van der Waals surface area (Å²) >= 11 is 3.53. The number of aromatic nitrogens is 3. The zero-order chi connectivity index (χ0) is 33.0. The second-order valence-corrected chi connectivity index (χ2v) is 17.2. The summed E-state index contributed by atoms with van der Waals surface area (Å²) in [5, 5.41) is 14.3. The van der Waals surface area contributed by atoms with Crippen LogP contribution in [0.15, 0.2) is 103 Å². The summed E-state index contributed by atoms with van der Waals surface area (Å²) in [4.78, 5) is 15.5. The van der Waals surface area contributed by atoms with Gasteiger partial charge in [-0.3, -0.25) is 0 Å². The van der Waals surface area contributed by atoms with Crippen LogP contribution in [-0.4, -0.2) is 15.0 Å². The van der Waals surface area contributed by atoms with Gasteiger partial charge in [0.05, 0.1) is 11.6 Å². The van der Waals surface area contributed by atoms with Crippen LogP contribution in [0.5, 0.6) is 0 Å². The van der Waals surface area contributed by atoms with Crippen LogP contribution in [0.4, 0.5) is 0 Å². The van der Waals surface area contributed by atoms with Crippen LogP contribution in [0.1, 0.15) is 49.7 Å². The lowest BCUT2D eigenvalue weighted by atomic mass is 9.48. The molecule has 0 atom stereocenters. The lowest BCUT2D eigenvalue weighted by molar-refractivity contribution is -0.00518. The molecule has 0 amide bonds. The molecule has 4 bridgehead atoms. The number of benzene rings is 5. The van der Waals surface area contributed by atoms with Crippen LogP contribution in [-0.2, 0) is 5.41 Å². The number of fused-ring (bicyclic) bond motifs is 6. The number of nitriles is 1. The Labute approximate surface area is 298 Å². The molecule has 4 aliphatic rings.